The lowest BCUT2D eigenvalue weighted by Crippen LogP contribution is -2.45. The summed E-state index contributed by atoms with van der Waals surface area (Å²) in [4.78, 5) is 26.7. The third-order valence-electron chi connectivity index (χ3n) is 6.28. The lowest BCUT2D eigenvalue weighted by Gasteiger charge is -2.32. The van der Waals surface area contributed by atoms with Crippen LogP contribution in [-0.4, -0.2) is 36.8 Å². The maximum Gasteiger partial charge on any atom is 0.268 e. The monoisotopic (exact) mass is 431 g/mol. The number of para-hydroxylation sites is 1. The Morgan fingerprint density at radius 3 is 2.52 bits per heavy atom. The number of rotatable bonds is 4. The van der Waals surface area contributed by atoms with E-state index in [4.69, 9.17) is 16.3 Å². The number of amides is 1. The van der Waals surface area contributed by atoms with E-state index in [-0.39, 0.29) is 24.0 Å². The number of benzene rings is 2. The number of aliphatic hydroxyl groups is 1. The number of hydrogen-bond acceptors (Lipinski definition) is 4. The van der Waals surface area contributed by atoms with E-state index in [1.807, 2.05) is 56.4 Å². The van der Waals surface area contributed by atoms with Gasteiger partial charge in [0, 0.05) is 34.3 Å². The fraction of sp³-hybridized carbons (Fsp3) is 0.409. The summed E-state index contributed by atoms with van der Waals surface area (Å²) >= 11 is 6.33. The van der Waals surface area contributed by atoms with Gasteiger partial charge in [0.2, 0.25) is 0 Å². The minimum atomic E-state index is -2.69. The van der Waals surface area contributed by atoms with Crippen LogP contribution < -0.4 is 4.90 Å². The highest BCUT2D eigenvalue weighted by atomic mass is 35.5. The largest absolute Gasteiger partial charge is 0.432 e. The van der Waals surface area contributed by atoms with Crippen molar-refractivity contribution in [3.05, 3.63) is 59.1 Å². The maximum absolute atomic E-state index is 14.0. The molecule has 0 bridgehead atoms. The first kappa shape index (κ1) is 20.6. The number of aliphatic hydroxyl groups excluding tert-OH is 1. The summed E-state index contributed by atoms with van der Waals surface area (Å²) in [6.45, 7) is 5.65. The van der Waals surface area contributed by atoms with E-state index < -0.39 is 20.0 Å². The first-order valence-electron chi connectivity index (χ1n) is 9.92. The summed E-state index contributed by atoms with van der Waals surface area (Å²) in [6.07, 6.45) is -0.0180. The first-order chi connectivity index (χ1) is 13.7. The van der Waals surface area contributed by atoms with E-state index >= 15 is 0 Å². The molecule has 5 nitrogen and oxygen atoms in total. The maximum atomic E-state index is 14.0. The fourth-order valence-corrected chi connectivity index (χ4v) is 7.98. The fourth-order valence-electron chi connectivity index (χ4n) is 5.21. The number of anilines is 2. The van der Waals surface area contributed by atoms with Crippen LogP contribution in [0.25, 0.3) is 0 Å². The number of carbonyl (C=O) groups is 1. The number of carbonyl (C=O) groups excluding carboxylic acids is 1. The molecule has 1 amide bonds. The van der Waals surface area contributed by atoms with Gasteiger partial charge in [-0.05, 0) is 49.8 Å². The number of fused-ring (bicyclic) bond motifs is 2. The van der Waals surface area contributed by atoms with Gasteiger partial charge >= 0.3 is 0 Å². The molecule has 1 fully saturated rings. The van der Waals surface area contributed by atoms with Gasteiger partial charge in [-0.1, -0.05) is 36.7 Å². The van der Waals surface area contributed by atoms with Crippen LogP contribution in [-0.2, 0) is 15.1 Å². The molecular formula is C22H26ClNO4Si. The molecule has 2 aliphatic heterocycles. The van der Waals surface area contributed by atoms with Crippen molar-refractivity contribution >= 4 is 37.2 Å². The molecule has 0 radical (unpaired) electrons. The smallest absolute Gasteiger partial charge is 0.268 e. The van der Waals surface area contributed by atoms with Gasteiger partial charge in [-0.3, -0.25) is 9.69 Å². The molecule has 7 heteroatoms. The Bertz CT molecular complexity index is 932. The Morgan fingerprint density at radius 2 is 1.90 bits per heavy atom. The Hall–Kier alpha value is -1.70. The summed E-state index contributed by atoms with van der Waals surface area (Å²) in [6, 6.07) is 14.9. The van der Waals surface area contributed by atoms with Gasteiger partial charge in [-0.2, -0.15) is 0 Å². The second-order valence-electron chi connectivity index (χ2n) is 8.51. The van der Waals surface area contributed by atoms with Crippen LogP contribution >= 0.6 is 11.6 Å². The zero-order valence-electron chi connectivity index (χ0n) is 16.8. The standard InChI is InChI=1S/C22H26ClNO4Si/c1-14-20(29(2,3)27)19(11-12-25)28-22(14)17-13-15(23)9-10-18(17)24(21(22)26)16-7-5-4-6-8-16/h4-10,13-14,19-20,25,27H,11-12H2,1-3H3/t14-,19+,20-,22+/m1/s1. The van der Waals surface area contributed by atoms with Gasteiger partial charge < -0.3 is 14.6 Å². The Morgan fingerprint density at radius 1 is 1.21 bits per heavy atom. The zero-order valence-corrected chi connectivity index (χ0v) is 18.6. The van der Waals surface area contributed by atoms with E-state index in [9.17, 15) is 14.7 Å². The minimum absolute atomic E-state index is 0.0621. The van der Waals surface area contributed by atoms with Crippen LogP contribution in [0.3, 0.4) is 0 Å². The van der Waals surface area contributed by atoms with Gasteiger partial charge in [0.1, 0.15) is 0 Å². The Labute approximate surface area is 177 Å². The van der Waals surface area contributed by atoms with Gasteiger partial charge in [-0.25, -0.2) is 0 Å². The number of hydrogen-bond donors (Lipinski definition) is 2. The summed E-state index contributed by atoms with van der Waals surface area (Å²) in [5, 5.41) is 10.1. The second kappa shape index (κ2) is 7.21. The zero-order chi connectivity index (χ0) is 21.0. The summed E-state index contributed by atoms with van der Waals surface area (Å²) in [5.41, 5.74) is 0.819. The van der Waals surface area contributed by atoms with Crippen molar-refractivity contribution in [3.63, 3.8) is 0 Å². The molecule has 154 valence electrons. The summed E-state index contributed by atoms with van der Waals surface area (Å²) in [5.74, 6) is -0.429. The molecule has 0 aliphatic carbocycles. The summed E-state index contributed by atoms with van der Waals surface area (Å²) < 4.78 is 6.51. The first-order valence-corrected chi connectivity index (χ1v) is 13.3. The predicted molar refractivity (Wildman–Crippen MR) is 116 cm³/mol. The normalized spacial score (nSPS) is 29.0. The molecule has 2 N–H and O–H groups in total. The van der Waals surface area contributed by atoms with E-state index in [1.54, 1.807) is 17.0 Å². The van der Waals surface area contributed by atoms with Crippen LogP contribution in [0.15, 0.2) is 48.5 Å². The van der Waals surface area contributed by atoms with Crippen molar-refractivity contribution in [1.29, 1.82) is 0 Å². The highest BCUT2D eigenvalue weighted by molar-refractivity contribution is 6.71. The number of nitrogens with zero attached hydrogens (tertiary/aromatic N) is 1. The molecule has 2 heterocycles. The Kier molecular flexibility index (Phi) is 5.12. The molecule has 4 atom stereocenters. The molecule has 1 saturated heterocycles. The summed E-state index contributed by atoms with van der Waals surface area (Å²) in [7, 11) is -2.69. The lowest BCUT2D eigenvalue weighted by molar-refractivity contribution is -0.145. The third kappa shape index (κ3) is 3.05. The van der Waals surface area contributed by atoms with Crippen molar-refractivity contribution in [2.45, 2.75) is 43.7 Å². The molecule has 0 saturated carbocycles. The van der Waals surface area contributed by atoms with Gasteiger partial charge in [0.25, 0.3) is 5.91 Å². The van der Waals surface area contributed by atoms with Crippen molar-refractivity contribution in [1.82, 2.24) is 0 Å². The molecule has 2 aliphatic rings. The Balaban J connectivity index is 1.92. The van der Waals surface area contributed by atoms with Gasteiger partial charge in [0.05, 0.1) is 11.8 Å². The van der Waals surface area contributed by atoms with E-state index in [1.165, 1.54) is 0 Å². The minimum Gasteiger partial charge on any atom is -0.432 e. The lowest BCUT2D eigenvalue weighted by atomic mass is 9.82. The van der Waals surface area contributed by atoms with Crippen LogP contribution in [0.1, 0.15) is 18.9 Å². The van der Waals surface area contributed by atoms with Crippen molar-refractivity contribution in [2.75, 3.05) is 11.5 Å². The van der Waals surface area contributed by atoms with Crippen LogP contribution in [0, 0.1) is 5.92 Å². The molecule has 0 aromatic heterocycles. The van der Waals surface area contributed by atoms with Crippen molar-refractivity contribution in [3.8, 4) is 0 Å². The third-order valence-corrected chi connectivity index (χ3v) is 9.02. The van der Waals surface area contributed by atoms with E-state index in [0.29, 0.717) is 11.4 Å². The van der Waals surface area contributed by atoms with E-state index in [2.05, 4.69) is 0 Å². The average molecular weight is 432 g/mol. The highest BCUT2D eigenvalue weighted by Gasteiger charge is 2.66. The van der Waals surface area contributed by atoms with Crippen LogP contribution in [0.2, 0.25) is 23.7 Å². The van der Waals surface area contributed by atoms with Crippen molar-refractivity contribution < 1.29 is 19.4 Å². The van der Waals surface area contributed by atoms with Gasteiger partial charge in [-0.15, -0.1) is 0 Å². The number of halogens is 1. The highest BCUT2D eigenvalue weighted by Crippen LogP contribution is 2.60. The molecular weight excluding hydrogens is 406 g/mol. The van der Waals surface area contributed by atoms with Crippen LogP contribution in [0.4, 0.5) is 11.4 Å². The second-order valence-corrected chi connectivity index (χ2v) is 12.9. The molecule has 1 spiro atoms. The topological polar surface area (TPSA) is 70.0 Å². The molecule has 4 rings (SSSR count). The van der Waals surface area contributed by atoms with Crippen molar-refractivity contribution in [2.24, 2.45) is 5.92 Å². The van der Waals surface area contributed by atoms with Crippen LogP contribution in [0.5, 0.6) is 0 Å². The molecule has 2 aromatic rings. The quantitative estimate of drug-likeness (QED) is 0.712. The number of ether oxygens (including phenoxy) is 1. The SMILES string of the molecule is C[C@@H]1[C@@H]([Si](C)(C)O)[C@H](CCO)O[C@@]12C(=O)N(c1ccccc1)c1ccc(Cl)cc12. The molecule has 0 unspecified atom stereocenters. The predicted octanol–water partition coefficient (Wildman–Crippen LogP) is 4.20. The average Bonchev–Trinajstić information content (AvgIpc) is 3.09. The molecule has 2 aromatic carbocycles. The van der Waals surface area contributed by atoms with Gasteiger partial charge in [0.15, 0.2) is 13.9 Å². The molecule has 29 heavy (non-hydrogen) atoms. The van der Waals surface area contributed by atoms with E-state index in [0.717, 1.165) is 16.9 Å².